The van der Waals surface area contributed by atoms with Crippen LogP contribution in [-0.2, 0) is 19.1 Å². The molecule has 0 radical (unpaired) electrons. The highest BCUT2D eigenvalue weighted by molar-refractivity contribution is 5.82. The van der Waals surface area contributed by atoms with Gasteiger partial charge in [0.15, 0.2) is 0 Å². The second-order valence-electron chi connectivity index (χ2n) is 13.4. The molecule has 0 saturated carbocycles. The number of allylic oxidation sites excluding steroid dienone is 2. The molecular formula is C34H58N2O4+2. The molecule has 0 spiro atoms. The van der Waals surface area contributed by atoms with E-state index in [4.69, 9.17) is 9.47 Å². The lowest BCUT2D eigenvalue weighted by atomic mass is 9.99. The number of quaternary nitrogens is 2. The van der Waals surface area contributed by atoms with Crippen LogP contribution in [0, 0.1) is 11.8 Å². The summed E-state index contributed by atoms with van der Waals surface area (Å²) in [5, 5.41) is 0. The summed E-state index contributed by atoms with van der Waals surface area (Å²) in [7, 11) is 0. The quantitative estimate of drug-likeness (QED) is 0.0904. The Kier molecular flexibility index (Phi) is 12.1. The van der Waals surface area contributed by atoms with Gasteiger partial charge in [0.1, 0.15) is 13.2 Å². The zero-order valence-electron chi connectivity index (χ0n) is 25.7. The van der Waals surface area contributed by atoms with Crippen LogP contribution in [0.3, 0.4) is 0 Å². The fraction of sp³-hybridized carbons (Fsp3) is 0.824. The predicted octanol–water partition coefficient (Wildman–Crippen LogP) is 6.34. The Hall–Kier alpha value is -1.66. The molecule has 0 aromatic carbocycles. The molecule has 0 amide bonds. The average Bonchev–Trinajstić information content (AvgIpc) is 3.69. The van der Waals surface area contributed by atoms with Crippen molar-refractivity contribution in [2.75, 3.05) is 52.5 Å². The third kappa shape index (κ3) is 8.00. The van der Waals surface area contributed by atoms with Gasteiger partial charge in [-0.15, -0.1) is 0 Å². The van der Waals surface area contributed by atoms with E-state index in [0.717, 1.165) is 12.1 Å². The second kappa shape index (κ2) is 15.5. The highest BCUT2D eigenvalue weighted by Gasteiger charge is 2.52. The van der Waals surface area contributed by atoms with Crippen molar-refractivity contribution in [2.45, 2.75) is 116 Å². The molecule has 6 nitrogen and oxygen atoms in total. The second-order valence-corrected chi connectivity index (χ2v) is 13.4. The first kappa shape index (κ1) is 31.3. The van der Waals surface area contributed by atoms with Crippen LogP contribution in [-0.4, -0.2) is 85.5 Å². The van der Waals surface area contributed by atoms with Gasteiger partial charge in [-0.1, -0.05) is 37.8 Å². The van der Waals surface area contributed by atoms with Crippen molar-refractivity contribution in [3.8, 4) is 0 Å². The maximum Gasteiger partial charge on any atom is 0.330 e. The maximum absolute atomic E-state index is 11.8. The van der Waals surface area contributed by atoms with E-state index in [1.807, 2.05) is 13.8 Å². The first-order valence-corrected chi connectivity index (χ1v) is 16.8. The lowest BCUT2D eigenvalue weighted by molar-refractivity contribution is -0.929. The fourth-order valence-corrected chi connectivity index (χ4v) is 9.09. The third-order valence-electron chi connectivity index (χ3n) is 11.0. The SMILES string of the molecule is C/C=C/C(=O)OC[C@@H]1CC[N+]2(CCCCCCCCCC[N+]34CCC[C@@H]3[C@H](COC(=O)/C=C/C)CC4)CCC[C@H]12. The number of esters is 2. The van der Waals surface area contributed by atoms with Crippen LogP contribution in [0.15, 0.2) is 24.3 Å². The van der Waals surface area contributed by atoms with Gasteiger partial charge in [-0.3, -0.25) is 0 Å². The third-order valence-corrected chi connectivity index (χ3v) is 11.0. The zero-order valence-corrected chi connectivity index (χ0v) is 25.7. The number of carbonyl (C=O) groups excluding carboxylic acids is 2. The smallest absolute Gasteiger partial charge is 0.330 e. The molecule has 4 saturated heterocycles. The van der Waals surface area contributed by atoms with Crippen LogP contribution in [0.5, 0.6) is 0 Å². The van der Waals surface area contributed by atoms with Crippen molar-refractivity contribution in [3.05, 3.63) is 24.3 Å². The number of hydrogen-bond acceptors (Lipinski definition) is 4. The molecule has 4 fully saturated rings. The Morgan fingerprint density at radius 2 is 1.00 bits per heavy atom. The standard InChI is InChI=1S/C34H58N2O4/c1-3-15-33(37)39-27-29-19-25-35(23-13-17-31(29)35)21-11-9-7-5-6-8-10-12-22-36-24-14-18-32(36)30(20-26-36)28-40-34(38)16-4-2/h3-4,15-16,29-32H,5-14,17-28H2,1-2H3/q+2/b15-3+,16-4+/t29-,30-,31+,32+,35?,36?/m0/s1. The molecule has 226 valence electrons. The number of carbonyl (C=O) groups is 2. The minimum atomic E-state index is -0.181. The topological polar surface area (TPSA) is 52.6 Å². The van der Waals surface area contributed by atoms with Crippen molar-refractivity contribution in [2.24, 2.45) is 11.8 Å². The Balaban J connectivity index is 1.04. The van der Waals surface area contributed by atoms with E-state index in [1.54, 1.807) is 12.2 Å². The summed E-state index contributed by atoms with van der Waals surface area (Å²) in [6.45, 7) is 12.9. The first-order valence-electron chi connectivity index (χ1n) is 16.8. The molecule has 0 N–H and O–H groups in total. The molecule has 6 heteroatoms. The van der Waals surface area contributed by atoms with E-state index in [2.05, 4.69) is 0 Å². The molecule has 4 rings (SSSR count). The van der Waals surface area contributed by atoms with E-state index < -0.39 is 0 Å². The van der Waals surface area contributed by atoms with Crippen LogP contribution in [0.2, 0.25) is 0 Å². The predicted molar refractivity (Wildman–Crippen MR) is 160 cm³/mol. The van der Waals surface area contributed by atoms with Gasteiger partial charge in [0.2, 0.25) is 0 Å². The van der Waals surface area contributed by atoms with Crippen molar-refractivity contribution in [1.82, 2.24) is 0 Å². The summed E-state index contributed by atoms with van der Waals surface area (Å²) in [5.41, 5.74) is 0. The van der Waals surface area contributed by atoms with Crippen LogP contribution in [0.25, 0.3) is 0 Å². The van der Waals surface area contributed by atoms with E-state index in [9.17, 15) is 9.59 Å². The molecule has 0 aromatic heterocycles. The van der Waals surface area contributed by atoms with E-state index in [1.165, 1.54) is 150 Å². The van der Waals surface area contributed by atoms with Crippen molar-refractivity contribution in [1.29, 1.82) is 0 Å². The number of hydrogen-bond donors (Lipinski definition) is 0. The Bertz CT molecular complexity index is 802. The highest BCUT2D eigenvalue weighted by atomic mass is 16.5. The normalized spacial score (nSPS) is 33.1. The number of nitrogens with zero attached hydrogens (tertiary/aromatic N) is 2. The summed E-state index contributed by atoms with van der Waals surface area (Å²) in [6, 6.07) is 1.44. The van der Waals surface area contributed by atoms with Gasteiger partial charge in [-0.25, -0.2) is 9.59 Å². The molecule has 4 aliphatic heterocycles. The average molecular weight is 559 g/mol. The number of fused-ring (bicyclic) bond motifs is 2. The fourth-order valence-electron chi connectivity index (χ4n) is 9.09. The number of rotatable bonds is 17. The molecular weight excluding hydrogens is 500 g/mol. The molecule has 4 aliphatic rings. The van der Waals surface area contributed by atoms with E-state index in [-0.39, 0.29) is 11.9 Å². The molecule has 2 unspecified atom stereocenters. The monoisotopic (exact) mass is 558 g/mol. The maximum atomic E-state index is 11.8. The van der Waals surface area contributed by atoms with Crippen molar-refractivity contribution in [3.63, 3.8) is 0 Å². The van der Waals surface area contributed by atoms with Crippen LogP contribution >= 0.6 is 0 Å². The van der Waals surface area contributed by atoms with Crippen LogP contribution < -0.4 is 0 Å². The summed E-state index contributed by atoms with van der Waals surface area (Å²) >= 11 is 0. The summed E-state index contributed by atoms with van der Waals surface area (Å²) in [5.74, 6) is 0.758. The molecule has 6 atom stereocenters. The molecule has 0 aliphatic carbocycles. The van der Waals surface area contributed by atoms with Gasteiger partial charge >= 0.3 is 11.9 Å². The summed E-state index contributed by atoms with van der Waals surface area (Å²) < 4.78 is 13.7. The lowest BCUT2D eigenvalue weighted by Crippen LogP contribution is -2.49. The summed E-state index contributed by atoms with van der Waals surface area (Å²) in [4.78, 5) is 23.5. The molecule has 4 heterocycles. The minimum Gasteiger partial charge on any atom is -0.462 e. The first-order chi connectivity index (χ1) is 19.5. The van der Waals surface area contributed by atoms with Crippen LogP contribution in [0.1, 0.15) is 104 Å². The molecule has 0 aromatic rings. The van der Waals surface area contributed by atoms with Gasteiger partial charge in [0.05, 0.1) is 63.2 Å². The molecule has 0 bridgehead atoms. The van der Waals surface area contributed by atoms with Gasteiger partial charge in [0.25, 0.3) is 0 Å². The van der Waals surface area contributed by atoms with Crippen molar-refractivity contribution >= 4 is 11.9 Å². The largest absolute Gasteiger partial charge is 0.462 e. The van der Waals surface area contributed by atoms with Gasteiger partial charge in [-0.2, -0.15) is 0 Å². The zero-order chi connectivity index (χ0) is 28.3. The lowest BCUT2D eigenvalue weighted by Gasteiger charge is -2.36. The minimum absolute atomic E-state index is 0.181. The number of ether oxygens (including phenoxy) is 2. The van der Waals surface area contributed by atoms with Gasteiger partial charge in [0, 0.05) is 50.7 Å². The van der Waals surface area contributed by atoms with E-state index in [0.29, 0.717) is 25.0 Å². The van der Waals surface area contributed by atoms with Gasteiger partial charge < -0.3 is 18.4 Å². The Morgan fingerprint density at radius 1 is 0.600 bits per heavy atom. The summed E-state index contributed by atoms with van der Waals surface area (Å²) in [6.07, 6.45) is 25.3. The Labute approximate surface area is 244 Å². The molecule has 40 heavy (non-hydrogen) atoms. The van der Waals surface area contributed by atoms with Gasteiger partial charge in [-0.05, 0) is 39.5 Å². The van der Waals surface area contributed by atoms with E-state index >= 15 is 0 Å². The Morgan fingerprint density at radius 3 is 1.40 bits per heavy atom. The highest BCUT2D eigenvalue weighted by Crippen LogP contribution is 2.42. The number of unbranched alkanes of at least 4 members (excludes halogenated alkanes) is 7. The van der Waals surface area contributed by atoms with Crippen molar-refractivity contribution < 1.29 is 28.0 Å². The van der Waals surface area contributed by atoms with Crippen LogP contribution in [0.4, 0.5) is 0 Å².